The Morgan fingerprint density at radius 1 is 1.08 bits per heavy atom. The molecule has 0 aliphatic carbocycles. The van der Waals surface area contributed by atoms with Gasteiger partial charge in [-0.25, -0.2) is 4.68 Å². The van der Waals surface area contributed by atoms with Crippen LogP contribution in [0.2, 0.25) is 0 Å². The zero-order valence-electron chi connectivity index (χ0n) is 13.3. The van der Waals surface area contributed by atoms with Crippen LogP contribution < -0.4 is 10.1 Å². The number of hydrogen-bond donors (Lipinski definition) is 1. The van der Waals surface area contributed by atoms with E-state index in [1.165, 1.54) is 0 Å². The molecule has 0 saturated carbocycles. The number of aryl methyl sites for hydroxylation is 1. The van der Waals surface area contributed by atoms with E-state index in [1.54, 1.807) is 28.9 Å². The first-order chi connectivity index (χ1) is 11.7. The second kappa shape index (κ2) is 6.79. The molecule has 2 aromatic carbocycles. The quantitative estimate of drug-likeness (QED) is 0.777. The van der Waals surface area contributed by atoms with Crippen LogP contribution in [0, 0.1) is 11.3 Å². The van der Waals surface area contributed by atoms with Gasteiger partial charge < -0.3 is 10.1 Å². The van der Waals surface area contributed by atoms with Gasteiger partial charge in [-0.2, -0.15) is 5.26 Å². The maximum atomic E-state index is 8.79. The monoisotopic (exact) mass is 320 g/mol. The molecule has 0 aliphatic heterocycles. The van der Waals surface area contributed by atoms with Crippen LogP contribution in [0.3, 0.4) is 0 Å². The number of aromatic nitrogens is 4. The molecule has 3 aromatic rings. The third kappa shape index (κ3) is 3.50. The van der Waals surface area contributed by atoms with E-state index in [0.717, 1.165) is 17.3 Å². The van der Waals surface area contributed by atoms with Crippen LogP contribution in [0.1, 0.15) is 24.4 Å². The second-order valence-electron chi connectivity index (χ2n) is 5.29. The van der Waals surface area contributed by atoms with Crippen molar-refractivity contribution in [1.82, 2.24) is 20.2 Å². The summed E-state index contributed by atoms with van der Waals surface area (Å²) in [5.41, 5.74) is 1.55. The van der Waals surface area contributed by atoms with E-state index in [1.807, 2.05) is 38.2 Å². The normalized spacial score (nSPS) is 11.5. The number of rotatable bonds is 5. The lowest BCUT2D eigenvalue weighted by atomic mass is 10.2. The summed E-state index contributed by atoms with van der Waals surface area (Å²) in [6.45, 7) is 1.99. The molecule has 0 spiro atoms. The van der Waals surface area contributed by atoms with Gasteiger partial charge in [0.2, 0.25) is 0 Å². The molecule has 0 bridgehead atoms. The molecule has 120 valence electrons. The van der Waals surface area contributed by atoms with E-state index < -0.39 is 0 Å². The topological polar surface area (TPSA) is 88.7 Å². The van der Waals surface area contributed by atoms with Crippen molar-refractivity contribution in [1.29, 1.82) is 5.26 Å². The summed E-state index contributed by atoms with van der Waals surface area (Å²) in [5.74, 6) is 2.17. The lowest BCUT2D eigenvalue weighted by Gasteiger charge is -2.14. The number of benzene rings is 2. The highest BCUT2D eigenvalue weighted by Gasteiger charge is 2.12. The van der Waals surface area contributed by atoms with E-state index >= 15 is 0 Å². The zero-order chi connectivity index (χ0) is 16.9. The Kier molecular flexibility index (Phi) is 4.38. The lowest BCUT2D eigenvalue weighted by molar-refractivity contribution is 0.482. The van der Waals surface area contributed by atoms with Crippen molar-refractivity contribution in [3.8, 4) is 17.6 Å². The predicted molar refractivity (Wildman–Crippen MR) is 88.5 cm³/mol. The summed E-state index contributed by atoms with van der Waals surface area (Å²) < 4.78 is 7.39. The maximum absolute atomic E-state index is 8.79. The summed E-state index contributed by atoms with van der Waals surface area (Å²) in [6.07, 6.45) is 0. The number of nitriles is 1. The smallest absolute Gasteiger partial charge is 0.173 e. The Balaban J connectivity index is 1.64. The van der Waals surface area contributed by atoms with Crippen LogP contribution in [0.5, 0.6) is 11.5 Å². The highest BCUT2D eigenvalue weighted by atomic mass is 16.5. The number of ether oxygens (including phenoxy) is 1. The Labute approximate surface area is 139 Å². The highest BCUT2D eigenvalue weighted by Crippen LogP contribution is 2.24. The van der Waals surface area contributed by atoms with Crippen molar-refractivity contribution in [2.75, 3.05) is 5.32 Å². The Hall–Kier alpha value is -3.40. The molecule has 1 N–H and O–H groups in total. The van der Waals surface area contributed by atoms with Crippen molar-refractivity contribution in [3.63, 3.8) is 0 Å². The summed E-state index contributed by atoms with van der Waals surface area (Å²) in [4.78, 5) is 0. The summed E-state index contributed by atoms with van der Waals surface area (Å²) >= 11 is 0. The fraction of sp³-hybridized carbons (Fsp3) is 0.176. The molecule has 7 nitrogen and oxygen atoms in total. The van der Waals surface area contributed by atoms with Gasteiger partial charge in [-0.3, -0.25) is 0 Å². The van der Waals surface area contributed by atoms with Gasteiger partial charge >= 0.3 is 0 Å². The first kappa shape index (κ1) is 15.5. The van der Waals surface area contributed by atoms with Crippen LogP contribution in [-0.4, -0.2) is 20.2 Å². The van der Waals surface area contributed by atoms with Gasteiger partial charge in [0.05, 0.1) is 17.7 Å². The van der Waals surface area contributed by atoms with Gasteiger partial charge in [0, 0.05) is 12.7 Å². The summed E-state index contributed by atoms with van der Waals surface area (Å²) in [5, 5.41) is 23.6. The maximum Gasteiger partial charge on any atom is 0.173 e. The number of nitrogens with zero attached hydrogens (tertiary/aromatic N) is 5. The van der Waals surface area contributed by atoms with Gasteiger partial charge in [-0.1, -0.05) is 0 Å². The molecular weight excluding hydrogens is 304 g/mol. The van der Waals surface area contributed by atoms with Crippen LogP contribution >= 0.6 is 0 Å². The van der Waals surface area contributed by atoms with E-state index in [0.29, 0.717) is 11.3 Å². The van der Waals surface area contributed by atoms with E-state index in [-0.39, 0.29) is 6.04 Å². The predicted octanol–water partition coefficient (Wildman–Crippen LogP) is 3.05. The van der Waals surface area contributed by atoms with Crippen molar-refractivity contribution < 1.29 is 4.74 Å². The minimum absolute atomic E-state index is 0.0182. The number of nitrogens with one attached hydrogen (secondary N) is 1. The molecule has 1 heterocycles. The Bertz CT molecular complexity index is 848. The summed E-state index contributed by atoms with van der Waals surface area (Å²) in [7, 11) is 1.81. The van der Waals surface area contributed by atoms with Crippen molar-refractivity contribution in [2.24, 2.45) is 7.05 Å². The van der Waals surface area contributed by atoms with Crippen molar-refractivity contribution in [3.05, 3.63) is 59.9 Å². The molecule has 0 fully saturated rings. The largest absolute Gasteiger partial charge is 0.457 e. The van der Waals surface area contributed by atoms with Gasteiger partial charge in [-0.15, -0.1) is 5.10 Å². The van der Waals surface area contributed by atoms with E-state index in [2.05, 4.69) is 26.9 Å². The van der Waals surface area contributed by atoms with Crippen LogP contribution in [0.25, 0.3) is 0 Å². The molecule has 0 aliphatic rings. The standard InChI is InChI=1S/C17H16N6O/c1-12(17-20-21-22-23(17)2)19-14-5-9-16(10-6-14)24-15-7-3-13(11-18)4-8-15/h3-10,12,19H,1-2H3. The molecule has 1 aromatic heterocycles. The molecular formula is C17H16N6O. The molecule has 0 saturated heterocycles. The van der Waals surface area contributed by atoms with Crippen LogP contribution in [0.15, 0.2) is 48.5 Å². The number of tetrazole rings is 1. The summed E-state index contributed by atoms with van der Waals surface area (Å²) in [6, 6.07) is 16.7. The van der Waals surface area contributed by atoms with Crippen LogP contribution in [0.4, 0.5) is 5.69 Å². The van der Waals surface area contributed by atoms with Gasteiger partial charge in [0.1, 0.15) is 11.5 Å². The Morgan fingerprint density at radius 3 is 2.25 bits per heavy atom. The zero-order valence-corrected chi connectivity index (χ0v) is 13.3. The third-order valence-corrected chi connectivity index (χ3v) is 3.50. The minimum Gasteiger partial charge on any atom is -0.457 e. The van der Waals surface area contributed by atoms with Crippen molar-refractivity contribution in [2.45, 2.75) is 13.0 Å². The van der Waals surface area contributed by atoms with E-state index in [9.17, 15) is 0 Å². The van der Waals surface area contributed by atoms with E-state index in [4.69, 9.17) is 10.00 Å². The fourth-order valence-electron chi connectivity index (χ4n) is 2.27. The van der Waals surface area contributed by atoms with Crippen molar-refractivity contribution >= 4 is 5.69 Å². The lowest BCUT2D eigenvalue weighted by Crippen LogP contribution is -2.12. The highest BCUT2D eigenvalue weighted by molar-refractivity contribution is 5.48. The van der Waals surface area contributed by atoms with Gasteiger partial charge in [0.25, 0.3) is 0 Å². The molecule has 0 radical (unpaired) electrons. The first-order valence-electron chi connectivity index (χ1n) is 7.42. The third-order valence-electron chi connectivity index (χ3n) is 3.50. The van der Waals surface area contributed by atoms with Gasteiger partial charge in [-0.05, 0) is 65.9 Å². The molecule has 0 amide bonds. The van der Waals surface area contributed by atoms with Crippen LogP contribution in [-0.2, 0) is 7.05 Å². The number of anilines is 1. The minimum atomic E-state index is -0.0182. The molecule has 7 heteroatoms. The fourth-order valence-corrected chi connectivity index (χ4v) is 2.27. The molecule has 3 rings (SSSR count). The SMILES string of the molecule is CC(Nc1ccc(Oc2ccc(C#N)cc2)cc1)c1nnnn1C. The number of hydrogen-bond acceptors (Lipinski definition) is 6. The molecule has 1 unspecified atom stereocenters. The average molecular weight is 320 g/mol. The van der Waals surface area contributed by atoms with Gasteiger partial charge in [0.15, 0.2) is 5.82 Å². The second-order valence-corrected chi connectivity index (χ2v) is 5.29. The Morgan fingerprint density at radius 2 is 1.71 bits per heavy atom. The molecule has 1 atom stereocenters. The molecule has 24 heavy (non-hydrogen) atoms. The average Bonchev–Trinajstić information content (AvgIpc) is 3.03. The first-order valence-corrected chi connectivity index (χ1v) is 7.42.